The highest BCUT2D eigenvalue weighted by molar-refractivity contribution is 5.86. The van der Waals surface area contributed by atoms with Crippen LogP contribution in [0.25, 0.3) is 22.2 Å². The minimum absolute atomic E-state index is 0.0557. The van der Waals surface area contributed by atoms with Crippen LogP contribution < -0.4 is 10.1 Å². The Morgan fingerprint density at radius 3 is 3.12 bits per heavy atom. The monoisotopic (exact) mass is 350 g/mol. The van der Waals surface area contributed by atoms with Crippen molar-refractivity contribution in [3.8, 4) is 17.1 Å². The van der Waals surface area contributed by atoms with E-state index >= 15 is 0 Å². The first-order valence-electron chi connectivity index (χ1n) is 9.10. The molecule has 134 valence electrons. The van der Waals surface area contributed by atoms with Gasteiger partial charge in [-0.05, 0) is 37.1 Å². The third-order valence-corrected chi connectivity index (χ3v) is 5.14. The van der Waals surface area contributed by atoms with E-state index in [0.717, 1.165) is 48.1 Å². The second kappa shape index (κ2) is 6.07. The zero-order chi connectivity index (χ0) is 17.6. The number of hydrogen-bond donors (Lipinski definition) is 1. The molecule has 6 heteroatoms. The topological polar surface area (TPSA) is 61.2 Å². The average Bonchev–Trinajstić information content (AvgIpc) is 3.25. The third kappa shape index (κ3) is 2.95. The average molecular weight is 350 g/mol. The van der Waals surface area contributed by atoms with Gasteiger partial charge in [-0.3, -0.25) is 4.98 Å². The Morgan fingerprint density at radius 2 is 2.31 bits per heavy atom. The van der Waals surface area contributed by atoms with Crippen LogP contribution in [0.3, 0.4) is 0 Å². The summed E-state index contributed by atoms with van der Waals surface area (Å²) in [5.41, 5.74) is 2.87. The van der Waals surface area contributed by atoms with Crippen LogP contribution in [0.2, 0.25) is 0 Å². The van der Waals surface area contributed by atoms with E-state index in [-0.39, 0.29) is 11.7 Å². The van der Waals surface area contributed by atoms with Gasteiger partial charge in [-0.1, -0.05) is 0 Å². The lowest BCUT2D eigenvalue weighted by molar-refractivity contribution is -0.0716. The summed E-state index contributed by atoms with van der Waals surface area (Å²) < 4.78 is 14.3. The number of nitrogens with zero attached hydrogens (tertiary/aromatic N) is 3. The van der Waals surface area contributed by atoms with E-state index in [4.69, 9.17) is 14.5 Å². The fourth-order valence-corrected chi connectivity index (χ4v) is 3.55. The molecule has 26 heavy (non-hydrogen) atoms. The number of hydrogen-bond acceptors (Lipinski definition) is 5. The summed E-state index contributed by atoms with van der Waals surface area (Å²) in [6, 6.07) is 7.97. The summed E-state index contributed by atoms with van der Waals surface area (Å²) in [5.74, 6) is 0.619. The van der Waals surface area contributed by atoms with Crippen molar-refractivity contribution < 1.29 is 9.47 Å². The van der Waals surface area contributed by atoms with Crippen molar-refractivity contribution >= 4 is 10.9 Å². The van der Waals surface area contributed by atoms with Crippen LogP contribution in [0.15, 0.2) is 42.9 Å². The van der Waals surface area contributed by atoms with E-state index in [1.165, 1.54) is 0 Å². The standard InChI is InChI=1S/C20H22N4O2/c1-24-8-4-14(11-24)17-9-18-16(3-2-7-22-18)19(23-17)25-12-15-10-21-13-20(26-15)5-6-20/h2-4,7-9,11,15,21H,5-6,10,12-13H2,1H3/t15-/m0/s1. The molecule has 1 saturated heterocycles. The fraction of sp³-hybridized carbons (Fsp3) is 0.400. The van der Waals surface area contributed by atoms with Gasteiger partial charge >= 0.3 is 0 Å². The van der Waals surface area contributed by atoms with Gasteiger partial charge < -0.3 is 19.4 Å². The van der Waals surface area contributed by atoms with E-state index in [9.17, 15) is 0 Å². The molecule has 1 saturated carbocycles. The molecule has 1 atom stereocenters. The van der Waals surface area contributed by atoms with Crippen molar-refractivity contribution in [2.45, 2.75) is 24.5 Å². The molecule has 2 aliphatic rings. The maximum Gasteiger partial charge on any atom is 0.223 e. The van der Waals surface area contributed by atoms with Crippen LogP contribution in [0.1, 0.15) is 12.8 Å². The van der Waals surface area contributed by atoms with E-state index < -0.39 is 0 Å². The molecule has 1 aliphatic heterocycles. The van der Waals surface area contributed by atoms with Gasteiger partial charge in [-0.2, -0.15) is 0 Å². The van der Waals surface area contributed by atoms with Crippen molar-refractivity contribution in [1.82, 2.24) is 19.9 Å². The molecule has 3 aromatic heterocycles. The number of fused-ring (bicyclic) bond motifs is 1. The predicted molar refractivity (Wildman–Crippen MR) is 99.1 cm³/mol. The molecule has 1 aliphatic carbocycles. The van der Waals surface area contributed by atoms with Gasteiger partial charge in [0.15, 0.2) is 0 Å². The summed E-state index contributed by atoms with van der Waals surface area (Å²) in [4.78, 5) is 9.26. The smallest absolute Gasteiger partial charge is 0.223 e. The number of rotatable bonds is 4. The molecule has 2 fully saturated rings. The SMILES string of the molecule is Cn1ccc(-c2cc3ncccc3c(OC[C@@H]3CNCC4(CC4)O3)n2)c1. The van der Waals surface area contributed by atoms with Gasteiger partial charge in [0.2, 0.25) is 5.88 Å². The van der Waals surface area contributed by atoms with Gasteiger partial charge in [0.25, 0.3) is 0 Å². The third-order valence-electron chi connectivity index (χ3n) is 5.14. The Kier molecular flexibility index (Phi) is 3.69. The van der Waals surface area contributed by atoms with Crippen molar-refractivity contribution in [3.05, 3.63) is 42.9 Å². The fourth-order valence-electron chi connectivity index (χ4n) is 3.55. The van der Waals surface area contributed by atoms with Gasteiger partial charge in [0, 0.05) is 44.3 Å². The largest absolute Gasteiger partial charge is 0.474 e. The van der Waals surface area contributed by atoms with E-state index in [1.54, 1.807) is 6.20 Å². The first-order valence-corrected chi connectivity index (χ1v) is 9.10. The molecule has 4 heterocycles. The van der Waals surface area contributed by atoms with Gasteiger partial charge in [0.1, 0.15) is 12.7 Å². The molecule has 0 bridgehead atoms. The Morgan fingerprint density at radius 1 is 1.38 bits per heavy atom. The molecule has 0 amide bonds. The number of aryl methyl sites for hydroxylation is 1. The van der Waals surface area contributed by atoms with Crippen molar-refractivity contribution in [2.75, 3.05) is 19.7 Å². The first-order chi connectivity index (χ1) is 12.7. The van der Waals surface area contributed by atoms with Crippen LogP contribution in [-0.4, -0.2) is 45.9 Å². The van der Waals surface area contributed by atoms with Gasteiger partial charge in [0.05, 0.1) is 22.2 Å². The van der Waals surface area contributed by atoms with E-state index in [1.807, 2.05) is 48.3 Å². The van der Waals surface area contributed by atoms with Crippen molar-refractivity contribution in [3.63, 3.8) is 0 Å². The molecular weight excluding hydrogens is 328 g/mol. The lowest BCUT2D eigenvalue weighted by Gasteiger charge is -2.30. The number of nitrogens with one attached hydrogen (secondary N) is 1. The highest BCUT2D eigenvalue weighted by atomic mass is 16.6. The van der Waals surface area contributed by atoms with E-state index in [2.05, 4.69) is 10.3 Å². The Balaban J connectivity index is 1.43. The number of pyridine rings is 2. The zero-order valence-electron chi connectivity index (χ0n) is 14.8. The van der Waals surface area contributed by atoms with Crippen molar-refractivity contribution in [1.29, 1.82) is 0 Å². The molecule has 1 N–H and O–H groups in total. The van der Waals surface area contributed by atoms with Gasteiger partial charge in [-0.15, -0.1) is 0 Å². The molecule has 0 aromatic carbocycles. The molecule has 0 unspecified atom stereocenters. The minimum Gasteiger partial charge on any atom is -0.474 e. The summed E-state index contributed by atoms with van der Waals surface area (Å²) in [6.45, 7) is 2.26. The molecule has 3 aromatic rings. The van der Waals surface area contributed by atoms with Crippen LogP contribution in [0.4, 0.5) is 0 Å². The predicted octanol–water partition coefficient (Wildman–Crippen LogP) is 2.54. The summed E-state index contributed by atoms with van der Waals surface area (Å²) in [6.07, 6.45) is 8.20. The van der Waals surface area contributed by atoms with Crippen LogP contribution in [0, 0.1) is 0 Å². The highest BCUT2D eigenvalue weighted by Gasteiger charge is 2.47. The van der Waals surface area contributed by atoms with Crippen molar-refractivity contribution in [2.24, 2.45) is 7.05 Å². The lowest BCUT2D eigenvalue weighted by Crippen LogP contribution is -2.48. The second-order valence-corrected chi connectivity index (χ2v) is 7.31. The van der Waals surface area contributed by atoms with E-state index in [0.29, 0.717) is 12.5 Å². The Labute approximate surface area is 152 Å². The molecule has 0 radical (unpaired) electrons. The quantitative estimate of drug-likeness (QED) is 0.783. The maximum absolute atomic E-state index is 6.20. The first kappa shape index (κ1) is 15.8. The number of ether oxygens (including phenoxy) is 2. The molecule has 5 rings (SSSR count). The molecule has 1 spiro atoms. The molecule has 6 nitrogen and oxygen atoms in total. The lowest BCUT2D eigenvalue weighted by atomic mass is 10.1. The second-order valence-electron chi connectivity index (χ2n) is 7.31. The number of morpholine rings is 1. The molecular formula is C20H22N4O2. The number of aromatic nitrogens is 3. The van der Waals surface area contributed by atoms with Gasteiger partial charge in [-0.25, -0.2) is 4.98 Å². The summed E-state index contributed by atoms with van der Waals surface area (Å²) in [5, 5.41) is 4.39. The maximum atomic E-state index is 6.20. The van der Waals surface area contributed by atoms with Crippen LogP contribution in [-0.2, 0) is 11.8 Å². The van der Waals surface area contributed by atoms with Crippen LogP contribution in [0.5, 0.6) is 5.88 Å². The highest BCUT2D eigenvalue weighted by Crippen LogP contribution is 2.41. The zero-order valence-corrected chi connectivity index (χ0v) is 14.8. The normalized spacial score (nSPS) is 21.2. The minimum atomic E-state index is 0.0557. The summed E-state index contributed by atoms with van der Waals surface area (Å²) in [7, 11) is 2.00. The Bertz CT molecular complexity index is 948. The van der Waals surface area contributed by atoms with Crippen LogP contribution >= 0.6 is 0 Å². The Hall–Kier alpha value is -2.44. The summed E-state index contributed by atoms with van der Waals surface area (Å²) >= 11 is 0.